The van der Waals surface area contributed by atoms with Crippen molar-refractivity contribution in [1.82, 2.24) is 0 Å². The maximum Gasteiger partial charge on any atom is 0.335 e. The molecule has 0 unspecified atom stereocenters. The van der Waals surface area contributed by atoms with Crippen molar-refractivity contribution in [3.63, 3.8) is 0 Å². The van der Waals surface area contributed by atoms with Crippen molar-refractivity contribution in [3.8, 4) is 0 Å². The highest BCUT2D eigenvalue weighted by Crippen LogP contribution is 2.50. The Labute approximate surface area is 75.9 Å². The van der Waals surface area contributed by atoms with Crippen molar-refractivity contribution >= 4 is 18.9 Å². The zero-order chi connectivity index (χ0) is 9.03. The molecule has 0 aliphatic carbocycles. The van der Waals surface area contributed by atoms with E-state index in [2.05, 4.69) is 0 Å². The van der Waals surface area contributed by atoms with Gasteiger partial charge in [-0.15, -0.1) is 11.3 Å². The van der Waals surface area contributed by atoms with Crippen LogP contribution in [-0.2, 0) is 19.8 Å². The molecule has 0 aliphatic heterocycles. The van der Waals surface area contributed by atoms with Gasteiger partial charge in [-0.05, 0) is 11.4 Å². The molecule has 1 heterocycles. The number of rotatable bonds is 4. The van der Waals surface area contributed by atoms with E-state index in [1.807, 2.05) is 17.5 Å². The van der Waals surface area contributed by atoms with E-state index in [1.165, 1.54) is 14.2 Å². The van der Waals surface area contributed by atoms with Gasteiger partial charge in [0.25, 0.3) is 0 Å². The lowest BCUT2D eigenvalue weighted by Gasteiger charge is -2.11. The van der Waals surface area contributed by atoms with Gasteiger partial charge in [-0.3, -0.25) is 4.57 Å². The van der Waals surface area contributed by atoms with E-state index in [0.29, 0.717) is 6.16 Å². The summed E-state index contributed by atoms with van der Waals surface area (Å²) >= 11 is 1.55. The summed E-state index contributed by atoms with van der Waals surface area (Å²) < 4.78 is 21.2. The maximum absolute atomic E-state index is 11.6. The van der Waals surface area contributed by atoms with Gasteiger partial charge in [-0.25, -0.2) is 0 Å². The molecule has 0 saturated heterocycles. The fraction of sp³-hybridized carbons (Fsp3) is 0.429. The van der Waals surface area contributed by atoms with Crippen LogP contribution in [0.5, 0.6) is 0 Å². The lowest BCUT2D eigenvalue weighted by Crippen LogP contribution is -1.90. The summed E-state index contributed by atoms with van der Waals surface area (Å²) in [5, 5.41) is 1.94. The molecule has 0 amide bonds. The van der Waals surface area contributed by atoms with Crippen molar-refractivity contribution in [1.29, 1.82) is 0 Å². The summed E-state index contributed by atoms with van der Waals surface area (Å²) in [5.74, 6) is 0. The Balaban J connectivity index is 2.67. The molecule has 1 rings (SSSR count). The predicted octanol–water partition coefficient (Wildman–Crippen LogP) is 2.73. The van der Waals surface area contributed by atoms with Gasteiger partial charge in [0.1, 0.15) is 0 Å². The van der Waals surface area contributed by atoms with E-state index in [9.17, 15) is 4.57 Å². The standard InChI is InChI=1S/C7H11O3PS/c1-9-11(8,10-2)6-7-4-3-5-12-7/h3-5H,6H2,1-2H3. The molecule has 1 aromatic rings. The van der Waals surface area contributed by atoms with E-state index in [0.717, 1.165) is 4.88 Å². The second kappa shape index (κ2) is 4.19. The molecule has 12 heavy (non-hydrogen) atoms. The van der Waals surface area contributed by atoms with Crippen molar-refractivity contribution < 1.29 is 13.6 Å². The topological polar surface area (TPSA) is 35.5 Å². The third-order valence-electron chi connectivity index (χ3n) is 1.49. The van der Waals surface area contributed by atoms with Crippen molar-refractivity contribution in [3.05, 3.63) is 22.4 Å². The summed E-state index contributed by atoms with van der Waals surface area (Å²) in [5.41, 5.74) is 0. The first-order valence-corrected chi connectivity index (χ1v) is 6.04. The molecule has 0 fully saturated rings. The number of hydrogen-bond acceptors (Lipinski definition) is 4. The minimum Gasteiger partial charge on any atom is -0.312 e. The van der Waals surface area contributed by atoms with E-state index < -0.39 is 7.60 Å². The minimum absolute atomic E-state index is 0.359. The molecule has 0 radical (unpaired) electrons. The van der Waals surface area contributed by atoms with Crippen LogP contribution in [0.1, 0.15) is 4.88 Å². The van der Waals surface area contributed by atoms with E-state index in [-0.39, 0.29) is 0 Å². The highest BCUT2D eigenvalue weighted by molar-refractivity contribution is 7.53. The first kappa shape index (κ1) is 9.93. The zero-order valence-electron chi connectivity index (χ0n) is 7.02. The lowest BCUT2D eigenvalue weighted by molar-refractivity contribution is 0.275. The average Bonchev–Trinajstić information content (AvgIpc) is 2.57. The molecular weight excluding hydrogens is 195 g/mol. The maximum atomic E-state index is 11.6. The third-order valence-corrected chi connectivity index (χ3v) is 4.42. The summed E-state index contributed by atoms with van der Waals surface area (Å²) in [7, 11) is -0.0581. The Morgan fingerprint density at radius 2 is 2.17 bits per heavy atom. The average molecular weight is 206 g/mol. The van der Waals surface area contributed by atoms with Gasteiger partial charge in [0.15, 0.2) is 0 Å². The zero-order valence-corrected chi connectivity index (χ0v) is 8.73. The van der Waals surface area contributed by atoms with Crippen LogP contribution in [0, 0.1) is 0 Å². The smallest absolute Gasteiger partial charge is 0.312 e. The van der Waals surface area contributed by atoms with Crippen molar-refractivity contribution in [2.24, 2.45) is 0 Å². The molecule has 1 aromatic heterocycles. The van der Waals surface area contributed by atoms with Gasteiger partial charge in [-0.1, -0.05) is 6.07 Å². The van der Waals surface area contributed by atoms with Gasteiger partial charge in [0, 0.05) is 19.1 Å². The molecule has 0 aromatic carbocycles. The largest absolute Gasteiger partial charge is 0.335 e. The minimum atomic E-state index is -2.86. The van der Waals surface area contributed by atoms with E-state index in [4.69, 9.17) is 9.05 Å². The highest BCUT2D eigenvalue weighted by atomic mass is 32.1. The van der Waals surface area contributed by atoms with Gasteiger partial charge in [0.05, 0.1) is 6.16 Å². The molecule has 0 bridgehead atoms. The van der Waals surface area contributed by atoms with E-state index >= 15 is 0 Å². The summed E-state index contributed by atoms with van der Waals surface area (Å²) in [4.78, 5) is 1.02. The van der Waals surface area contributed by atoms with Crippen molar-refractivity contribution in [2.75, 3.05) is 14.2 Å². The molecular formula is C7H11O3PS. The highest BCUT2D eigenvalue weighted by Gasteiger charge is 2.21. The Morgan fingerprint density at radius 1 is 1.50 bits per heavy atom. The molecule has 0 atom stereocenters. The van der Waals surface area contributed by atoms with Crippen LogP contribution in [0.3, 0.4) is 0 Å². The Bertz CT molecular complexity index is 262. The normalized spacial score (nSPS) is 11.8. The Morgan fingerprint density at radius 3 is 2.58 bits per heavy atom. The van der Waals surface area contributed by atoms with Crippen LogP contribution in [0.25, 0.3) is 0 Å². The summed E-state index contributed by atoms with van der Waals surface area (Å²) in [6.07, 6.45) is 0.359. The van der Waals surface area contributed by atoms with Gasteiger partial charge < -0.3 is 9.05 Å². The quantitative estimate of drug-likeness (QED) is 0.710. The molecule has 0 saturated carbocycles. The second-order valence-electron chi connectivity index (χ2n) is 2.21. The van der Waals surface area contributed by atoms with Gasteiger partial charge >= 0.3 is 7.60 Å². The molecule has 0 aliphatic rings. The van der Waals surface area contributed by atoms with Crippen LogP contribution >= 0.6 is 18.9 Å². The summed E-state index contributed by atoms with van der Waals surface area (Å²) in [6.45, 7) is 0. The SMILES string of the molecule is COP(=O)(Cc1cccs1)OC. The monoisotopic (exact) mass is 206 g/mol. The molecule has 0 spiro atoms. The molecule has 5 heteroatoms. The van der Waals surface area contributed by atoms with Gasteiger partial charge in [-0.2, -0.15) is 0 Å². The predicted molar refractivity (Wildman–Crippen MR) is 49.6 cm³/mol. The van der Waals surface area contributed by atoms with Crippen LogP contribution < -0.4 is 0 Å². The number of hydrogen-bond donors (Lipinski definition) is 0. The van der Waals surface area contributed by atoms with Crippen molar-refractivity contribution in [2.45, 2.75) is 6.16 Å². The third kappa shape index (κ3) is 2.42. The number of thiophene rings is 1. The summed E-state index contributed by atoms with van der Waals surface area (Å²) in [6, 6.07) is 3.82. The fourth-order valence-corrected chi connectivity index (χ4v) is 2.95. The first-order chi connectivity index (χ1) is 5.70. The lowest BCUT2D eigenvalue weighted by atomic mass is 10.5. The first-order valence-electron chi connectivity index (χ1n) is 3.43. The van der Waals surface area contributed by atoms with Crippen LogP contribution in [0.2, 0.25) is 0 Å². The molecule has 0 N–H and O–H groups in total. The van der Waals surface area contributed by atoms with Crippen LogP contribution in [-0.4, -0.2) is 14.2 Å². The van der Waals surface area contributed by atoms with E-state index in [1.54, 1.807) is 11.3 Å². The van der Waals surface area contributed by atoms with Crippen LogP contribution in [0.4, 0.5) is 0 Å². The van der Waals surface area contributed by atoms with Crippen LogP contribution in [0.15, 0.2) is 17.5 Å². The molecule has 68 valence electrons. The Kier molecular flexibility index (Phi) is 3.47. The molecule has 3 nitrogen and oxygen atoms in total. The second-order valence-corrected chi connectivity index (χ2v) is 5.51. The Hall–Kier alpha value is -0.150. The fourth-order valence-electron chi connectivity index (χ4n) is 0.797. The van der Waals surface area contributed by atoms with Gasteiger partial charge in [0.2, 0.25) is 0 Å².